The molecule has 1 saturated carbocycles. The Bertz CT molecular complexity index is 299. The lowest BCUT2D eigenvalue weighted by Gasteiger charge is -2.28. The second kappa shape index (κ2) is 6.02. The minimum Gasteiger partial charge on any atom is -0.376 e. The van der Waals surface area contributed by atoms with Gasteiger partial charge in [-0.2, -0.15) is 0 Å². The van der Waals surface area contributed by atoms with Crippen molar-refractivity contribution in [3.8, 4) is 0 Å². The summed E-state index contributed by atoms with van der Waals surface area (Å²) in [6.45, 7) is 0.794. The SMILES string of the molecule is NC1CCCCC1OCCc1ccccc1. The summed E-state index contributed by atoms with van der Waals surface area (Å²) >= 11 is 0. The maximum atomic E-state index is 6.03. The van der Waals surface area contributed by atoms with Gasteiger partial charge in [0.25, 0.3) is 0 Å². The first-order valence-corrected chi connectivity index (χ1v) is 6.27. The summed E-state index contributed by atoms with van der Waals surface area (Å²) in [5, 5.41) is 0. The molecule has 2 rings (SSSR count). The third-order valence-corrected chi connectivity index (χ3v) is 3.32. The van der Waals surface area contributed by atoms with Gasteiger partial charge in [-0.05, 0) is 24.8 Å². The van der Waals surface area contributed by atoms with Gasteiger partial charge in [-0.3, -0.25) is 0 Å². The van der Waals surface area contributed by atoms with E-state index < -0.39 is 0 Å². The molecule has 0 amide bonds. The van der Waals surface area contributed by atoms with Crippen molar-refractivity contribution >= 4 is 0 Å². The zero-order valence-electron chi connectivity index (χ0n) is 9.77. The standard InChI is InChI=1S/C14H21NO/c15-13-8-4-5-9-14(13)16-11-10-12-6-2-1-3-7-12/h1-3,6-7,13-14H,4-5,8-11,15H2. The average molecular weight is 219 g/mol. The van der Waals surface area contributed by atoms with E-state index in [4.69, 9.17) is 10.5 Å². The average Bonchev–Trinajstić information content (AvgIpc) is 2.33. The van der Waals surface area contributed by atoms with Crippen molar-refractivity contribution in [2.24, 2.45) is 5.73 Å². The van der Waals surface area contributed by atoms with Gasteiger partial charge in [0.15, 0.2) is 0 Å². The van der Waals surface area contributed by atoms with E-state index in [9.17, 15) is 0 Å². The molecular formula is C14H21NO. The fourth-order valence-corrected chi connectivity index (χ4v) is 2.31. The van der Waals surface area contributed by atoms with Crippen LogP contribution in [0, 0.1) is 0 Å². The van der Waals surface area contributed by atoms with Gasteiger partial charge in [-0.1, -0.05) is 43.2 Å². The van der Waals surface area contributed by atoms with Crippen LogP contribution < -0.4 is 5.73 Å². The van der Waals surface area contributed by atoms with Crippen LogP contribution in [0.4, 0.5) is 0 Å². The second-order valence-corrected chi connectivity index (χ2v) is 4.59. The zero-order valence-corrected chi connectivity index (χ0v) is 9.77. The van der Waals surface area contributed by atoms with E-state index in [1.54, 1.807) is 0 Å². The molecule has 88 valence electrons. The van der Waals surface area contributed by atoms with Crippen LogP contribution in [0.3, 0.4) is 0 Å². The van der Waals surface area contributed by atoms with E-state index >= 15 is 0 Å². The van der Waals surface area contributed by atoms with Gasteiger partial charge >= 0.3 is 0 Å². The third-order valence-electron chi connectivity index (χ3n) is 3.32. The maximum Gasteiger partial charge on any atom is 0.0726 e. The van der Waals surface area contributed by atoms with Crippen LogP contribution in [-0.4, -0.2) is 18.8 Å². The minimum absolute atomic E-state index is 0.254. The molecule has 1 aliphatic rings. The fourth-order valence-electron chi connectivity index (χ4n) is 2.31. The van der Waals surface area contributed by atoms with E-state index in [0.29, 0.717) is 0 Å². The Morgan fingerprint density at radius 1 is 1.12 bits per heavy atom. The summed E-state index contributed by atoms with van der Waals surface area (Å²) in [4.78, 5) is 0. The molecule has 0 aliphatic heterocycles. The molecule has 0 saturated heterocycles. The second-order valence-electron chi connectivity index (χ2n) is 4.59. The Kier molecular flexibility index (Phi) is 4.37. The topological polar surface area (TPSA) is 35.2 Å². The summed E-state index contributed by atoms with van der Waals surface area (Å²) in [5.74, 6) is 0. The van der Waals surface area contributed by atoms with Crippen LogP contribution in [0.25, 0.3) is 0 Å². The molecule has 0 radical (unpaired) electrons. The summed E-state index contributed by atoms with van der Waals surface area (Å²) in [6.07, 6.45) is 6.07. The summed E-state index contributed by atoms with van der Waals surface area (Å²) in [6, 6.07) is 10.7. The molecule has 1 aromatic carbocycles. The summed E-state index contributed by atoms with van der Waals surface area (Å²) < 4.78 is 5.87. The molecule has 1 fully saturated rings. The Balaban J connectivity index is 1.71. The molecule has 2 nitrogen and oxygen atoms in total. The molecular weight excluding hydrogens is 198 g/mol. The molecule has 0 aromatic heterocycles. The quantitative estimate of drug-likeness (QED) is 0.844. The smallest absolute Gasteiger partial charge is 0.0726 e. The molecule has 0 spiro atoms. The van der Waals surface area contributed by atoms with E-state index in [1.807, 2.05) is 6.07 Å². The van der Waals surface area contributed by atoms with Gasteiger partial charge in [-0.25, -0.2) is 0 Å². The first kappa shape index (κ1) is 11.6. The van der Waals surface area contributed by atoms with Crippen LogP contribution in [0.5, 0.6) is 0 Å². The Labute approximate surface area is 97.8 Å². The first-order valence-electron chi connectivity index (χ1n) is 6.27. The van der Waals surface area contributed by atoms with Crippen molar-refractivity contribution in [2.45, 2.75) is 44.2 Å². The van der Waals surface area contributed by atoms with Gasteiger partial charge in [0.2, 0.25) is 0 Å². The molecule has 2 N–H and O–H groups in total. The highest BCUT2D eigenvalue weighted by Gasteiger charge is 2.21. The largest absolute Gasteiger partial charge is 0.376 e. The molecule has 2 unspecified atom stereocenters. The number of rotatable bonds is 4. The van der Waals surface area contributed by atoms with E-state index in [1.165, 1.54) is 18.4 Å². The normalized spacial score (nSPS) is 25.6. The van der Waals surface area contributed by atoms with Crippen LogP contribution in [0.2, 0.25) is 0 Å². The summed E-state index contributed by atoms with van der Waals surface area (Å²) in [7, 11) is 0. The fraction of sp³-hybridized carbons (Fsp3) is 0.571. The van der Waals surface area contributed by atoms with Crippen LogP contribution in [-0.2, 0) is 11.2 Å². The molecule has 2 atom stereocenters. The lowest BCUT2D eigenvalue weighted by molar-refractivity contribution is 0.0169. The molecule has 16 heavy (non-hydrogen) atoms. The van der Waals surface area contributed by atoms with Crippen molar-refractivity contribution in [1.29, 1.82) is 0 Å². The monoisotopic (exact) mass is 219 g/mol. The molecule has 2 heteroatoms. The highest BCUT2D eigenvalue weighted by Crippen LogP contribution is 2.19. The van der Waals surface area contributed by atoms with E-state index in [2.05, 4.69) is 24.3 Å². The lowest BCUT2D eigenvalue weighted by Crippen LogP contribution is -2.39. The van der Waals surface area contributed by atoms with Crippen molar-refractivity contribution in [3.63, 3.8) is 0 Å². The Hall–Kier alpha value is -0.860. The highest BCUT2D eigenvalue weighted by atomic mass is 16.5. The van der Waals surface area contributed by atoms with Gasteiger partial charge in [0.1, 0.15) is 0 Å². The number of hydrogen-bond acceptors (Lipinski definition) is 2. The van der Waals surface area contributed by atoms with Crippen molar-refractivity contribution < 1.29 is 4.74 Å². The van der Waals surface area contributed by atoms with Crippen molar-refractivity contribution in [3.05, 3.63) is 35.9 Å². The van der Waals surface area contributed by atoms with Crippen LogP contribution in [0.1, 0.15) is 31.2 Å². The number of nitrogens with two attached hydrogens (primary N) is 1. The molecule has 0 heterocycles. The van der Waals surface area contributed by atoms with E-state index in [-0.39, 0.29) is 12.1 Å². The van der Waals surface area contributed by atoms with Gasteiger partial charge in [0, 0.05) is 6.04 Å². The van der Waals surface area contributed by atoms with Crippen molar-refractivity contribution in [2.75, 3.05) is 6.61 Å². The predicted molar refractivity (Wildman–Crippen MR) is 66.3 cm³/mol. The van der Waals surface area contributed by atoms with Crippen molar-refractivity contribution in [1.82, 2.24) is 0 Å². The Morgan fingerprint density at radius 2 is 1.88 bits per heavy atom. The molecule has 1 aliphatic carbocycles. The zero-order chi connectivity index (χ0) is 11.2. The van der Waals surface area contributed by atoms with E-state index in [0.717, 1.165) is 25.9 Å². The number of benzene rings is 1. The highest BCUT2D eigenvalue weighted by molar-refractivity contribution is 5.14. The lowest BCUT2D eigenvalue weighted by atomic mass is 9.93. The number of ether oxygens (including phenoxy) is 1. The minimum atomic E-state index is 0.254. The van der Waals surface area contributed by atoms with Crippen LogP contribution in [0.15, 0.2) is 30.3 Å². The Morgan fingerprint density at radius 3 is 2.62 bits per heavy atom. The maximum absolute atomic E-state index is 6.03. The van der Waals surface area contributed by atoms with Gasteiger partial charge < -0.3 is 10.5 Å². The third kappa shape index (κ3) is 3.32. The first-order chi connectivity index (χ1) is 7.86. The summed E-state index contributed by atoms with van der Waals surface area (Å²) in [5.41, 5.74) is 7.37. The molecule has 1 aromatic rings. The van der Waals surface area contributed by atoms with Gasteiger partial charge in [0.05, 0.1) is 12.7 Å². The molecule has 0 bridgehead atoms. The van der Waals surface area contributed by atoms with Gasteiger partial charge in [-0.15, -0.1) is 0 Å². The van der Waals surface area contributed by atoms with Crippen LogP contribution >= 0.6 is 0 Å². The number of hydrogen-bond donors (Lipinski definition) is 1. The predicted octanol–water partition coefficient (Wildman–Crippen LogP) is 2.52.